The SMILES string of the molecule is CC(=O)OC1=[C-]C(C)CCC1.[Li+]. The third-order valence-electron chi connectivity index (χ3n) is 1.72. The molecule has 12 heavy (non-hydrogen) atoms. The quantitative estimate of drug-likeness (QED) is 0.281. The number of hydrogen-bond donors (Lipinski definition) is 0. The van der Waals surface area contributed by atoms with Gasteiger partial charge in [-0.15, -0.1) is 0 Å². The molecule has 0 saturated heterocycles. The van der Waals surface area contributed by atoms with Crippen LogP contribution in [0.2, 0.25) is 0 Å². The van der Waals surface area contributed by atoms with Crippen LogP contribution in [0.5, 0.6) is 0 Å². The molecule has 1 atom stereocenters. The van der Waals surface area contributed by atoms with Crippen molar-refractivity contribution in [3.63, 3.8) is 0 Å². The first-order valence-corrected chi connectivity index (χ1v) is 3.99. The van der Waals surface area contributed by atoms with Crippen LogP contribution in [0.4, 0.5) is 0 Å². The van der Waals surface area contributed by atoms with Crippen LogP contribution in [0.1, 0.15) is 33.1 Å². The van der Waals surface area contributed by atoms with E-state index in [1.807, 2.05) is 0 Å². The number of rotatable bonds is 1. The second kappa shape index (κ2) is 5.45. The van der Waals surface area contributed by atoms with Crippen molar-refractivity contribution in [2.24, 2.45) is 5.92 Å². The molecule has 0 N–H and O–H groups in total. The monoisotopic (exact) mass is 160 g/mol. The van der Waals surface area contributed by atoms with Gasteiger partial charge in [0.25, 0.3) is 0 Å². The molecule has 1 aliphatic rings. The molecule has 0 aromatic carbocycles. The van der Waals surface area contributed by atoms with Gasteiger partial charge in [0, 0.05) is 6.92 Å². The molecule has 0 aromatic heterocycles. The molecular formula is C9H13LiO2. The van der Waals surface area contributed by atoms with Crippen molar-refractivity contribution in [3.8, 4) is 0 Å². The Hall–Kier alpha value is -0.193. The van der Waals surface area contributed by atoms with Crippen molar-refractivity contribution in [1.82, 2.24) is 0 Å². The molecule has 1 rings (SSSR count). The third-order valence-corrected chi connectivity index (χ3v) is 1.72. The van der Waals surface area contributed by atoms with E-state index in [9.17, 15) is 4.79 Å². The maximum absolute atomic E-state index is 10.5. The fourth-order valence-electron chi connectivity index (χ4n) is 1.24. The van der Waals surface area contributed by atoms with Gasteiger partial charge in [0.15, 0.2) is 0 Å². The Labute approximate surface area is 85.5 Å². The Morgan fingerprint density at radius 1 is 1.67 bits per heavy atom. The number of allylic oxidation sites excluding steroid dienone is 2. The second-order valence-electron chi connectivity index (χ2n) is 2.95. The molecule has 2 nitrogen and oxygen atoms in total. The predicted octanol–water partition coefficient (Wildman–Crippen LogP) is -0.939. The molecule has 3 heteroatoms. The first-order chi connectivity index (χ1) is 5.18. The summed E-state index contributed by atoms with van der Waals surface area (Å²) in [5.74, 6) is 0.941. The number of ether oxygens (including phenoxy) is 1. The number of carbonyl (C=O) groups excluding carboxylic acids is 1. The largest absolute Gasteiger partial charge is 1.00 e. The minimum Gasteiger partial charge on any atom is -0.470 e. The summed E-state index contributed by atoms with van der Waals surface area (Å²) in [5.41, 5.74) is 0. The van der Waals surface area contributed by atoms with Gasteiger partial charge in [-0.1, -0.05) is 25.5 Å². The number of hydrogen-bond acceptors (Lipinski definition) is 2. The fraction of sp³-hybridized carbons (Fsp3) is 0.667. The second-order valence-corrected chi connectivity index (χ2v) is 2.95. The summed E-state index contributed by atoms with van der Waals surface area (Å²) in [6, 6.07) is 0. The first-order valence-electron chi connectivity index (χ1n) is 3.99. The van der Waals surface area contributed by atoms with E-state index < -0.39 is 0 Å². The van der Waals surface area contributed by atoms with Gasteiger partial charge in [0.05, 0.1) is 0 Å². The molecule has 0 spiro atoms. The summed E-state index contributed by atoms with van der Waals surface area (Å²) in [6.07, 6.45) is 6.25. The van der Waals surface area contributed by atoms with E-state index in [0.717, 1.165) is 25.0 Å². The predicted molar refractivity (Wildman–Crippen MR) is 41.5 cm³/mol. The molecule has 0 heterocycles. The summed E-state index contributed by atoms with van der Waals surface area (Å²) >= 11 is 0. The third kappa shape index (κ3) is 3.99. The summed E-state index contributed by atoms with van der Waals surface area (Å²) in [6.45, 7) is 3.51. The molecule has 0 fully saturated rings. The van der Waals surface area contributed by atoms with Crippen molar-refractivity contribution in [3.05, 3.63) is 11.8 Å². The van der Waals surface area contributed by atoms with E-state index in [1.54, 1.807) is 0 Å². The average molecular weight is 160 g/mol. The standard InChI is InChI=1S/C9H13O2.Li/c1-7-4-3-5-9(6-7)11-8(2)10;/h7H,3-5H2,1-2H3;/q-1;+1. The molecule has 0 radical (unpaired) electrons. The Balaban J connectivity index is 0.00000121. The van der Waals surface area contributed by atoms with Crippen LogP contribution in [0.3, 0.4) is 0 Å². The van der Waals surface area contributed by atoms with E-state index in [2.05, 4.69) is 13.0 Å². The van der Waals surface area contributed by atoms with Gasteiger partial charge in [-0.25, -0.2) is 0 Å². The van der Waals surface area contributed by atoms with E-state index in [1.165, 1.54) is 6.92 Å². The molecule has 0 aromatic rings. The van der Waals surface area contributed by atoms with Gasteiger partial charge in [-0.3, -0.25) is 4.79 Å². The van der Waals surface area contributed by atoms with E-state index in [0.29, 0.717) is 5.92 Å². The van der Waals surface area contributed by atoms with Gasteiger partial charge in [0.2, 0.25) is 0 Å². The molecule has 0 amide bonds. The molecule has 1 aliphatic carbocycles. The molecule has 0 bridgehead atoms. The van der Waals surface area contributed by atoms with Crippen LogP contribution in [0, 0.1) is 12.0 Å². The number of esters is 1. The van der Waals surface area contributed by atoms with Crippen LogP contribution in [-0.2, 0) is 9.53 Å². The molecular weight excluding hydrogens is 147 g/mol. The summed E-state index contributed by atoms with van der Waals surface area (Å²) in [4.78, 5) is 10.5. The van der Waals surface area contributed by atoms with E-state index in [4.69, 9.17) is 4.74 Å². The molecule has 0 saturated carbocycles. The van der Waals surface area contributed by atoms with Crippen molar-refractivity contribution < 1.29 is 28.4 Å². The average Bonchev–Trinajstić information content (AvgIpc) is 1.85. The molecule has 0 aliphatic heterocycles. The maximum Gasteiger partial charge on any atom is 1.00 e. The molecule has 1 unspecified atom stereocenters. The Kier molecular flexibility index (Phi) is 5.37. The Morgan fingerprint density at radius 3 is 2.83 bits per heavy atom. The Morgan fingerprint density at radius 2 is 2.33 bits per heavy atom. The van der Waals surface area contributed by atoms with Crippen molar-refractivity contribution in [2.75, 3.05) is 0 Å². The summed E-state index contributed by atoms with van der Waals surface area (Å²) in [7, 11) is 0. The Bertz CT molecular complexity index is 187. The van der Waals surface area contributed by atoms with Crippen LogP contribution in [0.25, 0.3) is 0 Å². The first kappa shape index (κ1) is 11.8. The van der Waals surface area contributed by atoms with E-state index >= 15 is 0 Å². The van der Waals surface area contributed by atoms with Gasteiger partial charge in [-0.2, -0.15) is 5.92 Å². The van der Waals surface area contributed by atoms with Crippen LogP contribution >= 0.6 is 0 Å². The minimum absolute atomic E-state index is 0. The van der Waals surface area contributed by atoms with Crippen LogP contribution in [0.15, 0.2) is 5.76 Å². The van der Waals surface area contributed by atoms with Gasteiger partial charge in [-0.05, 0) is 6.42 Å². The number of carbonyl (C=O) groups is 1. The summed E-state index contributed by atoms with van der Waals surface area (Å²) in [5, 5.41) is 0. The normalized spacial score (nSPS) is 22.2. The zero-order valence-corrected chi connectivity index (χ0v) is 8.02. The zero-order valence-electron chi connectivity index (χ0n) is 8.02. The van der Waals surface area contributed by atoms with E-state index in [-0.39, 0.29) is 24.8 Å². The smallest absolute Gasteiger partial charge is 0.470 e. The fourth-order valence-corrected chi connectivity index (χ4v) is 1.24. The van der Waals surface area contributed by atoms with Gasteiger partial charge < -0.3 is 10.8 Å². The zero-order chi connectivity index (χ0) is 8.27. The molecule has 62 valence electrons. The van der Waals surface area contributed by atoms with Crippen molar-refractivity contribution in [2.45, 2.75) is 33.1 Å². The van der Waals surface area contributed by atoms with Crippen molar-refractivity contribution >= 4 is 5.97 Å². The van der Waals surface area contributed by atoms with Crippen molar-refractivity contribution in [1.29, 1.82) is 0 Å². The van der Waals surface area contributed by atoms with Crippen LogP contribution < -0.4 is 18.9 Å². The minimum atomic E-state index is -0.235. The van der Waals surface area contributed by atoms with Crippen LogP contribution in [-0.4, -0.2) is 5.97 Å². The summed E-state index contributed by atoms with van der Waals surface area (Å²) < 4.78 is 4.93. The van der Waals surface area contributed by atoms with Gasteiger partial charge in [0.1, 0.15) is 0 Å². The topological polar surface area (TPSA) is 26.3 Å². The van der Waals surface area contributed by atoms with Gasteiger partial charge >= 0.3 is 24.8 Å². The maximum atomic E-state index is 10.5.